The Bertz CT molecular complexity index is 303. The molecule has 0 bridgehead atoms. The SMILES string of the molecule is CCC1CNC2(CCCCC2)CN1CCS(=O)CC. The summed E-state index contributed by atoms with van der Waals surface area (Å²) < 4.78 is 11.7. The van der Waals surface area contributed by atoms with E-state index in [9.17, 15) is 4.21 Å². The summed E-state index contributed by atoms with van der Waals surface area (Å²) >= 11 is 0. The highest BCUT2D eigenvalue weighted by Gasteiger charge is 2.39. The van der Waals surface area contributed by atoms with Gasteiger partial charge in [0.15, 0.2) is 0 Å². The maximum absolute atomic E-state index is 11.7. The van der Waals surface area contributed by atoms with Crippen molar-refractivity contribution in [3.8, 4) is 0 Å². The van der Waals surface area contributed by atoms with E-state index < -0.39 is 10.8 Å². The number of piperazine rings is 1. The minimum Gasteiger partial charge on any atom is -0.308 e. The summed E-state index contributed by atoms with van der Waals surface area (Å²) in [5.41, 5.74) is 0.373. The Labute approximate surface area is 121 Å². The predicted octanol–water partition coefficient (Wildman–Crippen LogP) is 2.14. The molecule has 2 aliphatic rings. The number of rotatable bonds is 5. The summed E-state index contributed by atoms with van der Waals surface area (Å²) in [5, 5.41) is 3.85. The molecule has 1 aliphatic heterocycles. The molecule has 0 aromatic heterocycles. The lowest BCUT2D eigenvalue weighted by atomic mass is 9.79. The van der Waals surface area contributed by atoms with Crippen LogP contribution in [0.4, 0.5) is 0 Å². The Kier molecular flexibility index (Phi) is 5.85. The van der Waals surface area contributed by atoms with Crippen LogP contribution in [0.2, 0.25) is 0 Å². The molecular formula is C15H30N2OS. The summed E-state index contributed by atoms with van der Waals surface area (Å²) in [4.78, 5) is 2.62. The lowest BCUT2D eigenvalue weighted by molar-refractivity contribution is 0.0588. The largest absolute Gasteiger partial charge is 0.308 e. The van der Waals surface area contributed by atoms with Gasteiger partial charge in [-0.05, 0) is 19.3 Å². The van der Waals surface area contributed by atoms with Gasteiger partial charge >= 0.3 is 0 Å². The molecule has 2 unspecified atom stereocenters. The van der Waals surface area contributed by atoms with E-state index in [0.29, 0.717) is 11.6 Å². The Hall–Kier alpha value is 0.0700. The molecule has 0 aromatic rings. The Morgan fingerprint density at radius 2 is 2.00 bits per heavy atom. The van der Waals surface area contributed by atoms with Crippen molar-refractivity contribution in [1.82, 2.24) is 10.2 Å². The fraction of sp³-hybridized carbons (Fsp3) is 1.00. The van der Waals surface area contributed by atoms with E-state index in [1.807, 2.05) is 6.92 Å². The van der Waals surface area contributed by atoms with Crippen LogP contribution in [0.15, 0.2) is 0 Å². The van der Waals surface area contributed by atoms with Gasteiger partial charge in [0.25, 0.3) is 0 Å². The van der Waals surface area contributed by atoms with E-state index in [2.05, 4.69) is 17.1 Å². The molecule has 2 atom stereocenters. The number of nitrogens with zero attached hydrogens (tertiary/aromatic N) is 1. The first-order valence-electron chi connectivity index (χ1n) is 8.03. The van der Waals surface area contributed by atoms with Crippen molar-refractivity contribution < 1.29 is 4.21 Å². The van der Waals surface area contributed by atoms with Gasteiger partial charge in [0.05, 0.1) is 0 Å². The highest BCUT2D eigenvalue weighted by molar-refractivity contribution is 7.84. The molecule has 2 rings (SSSR count). The number of hydrogen-bond donors (Lipinski definition) is 1. The predicted molar refractivity (Wildman–Crippen MR) is 83.0 cm³/mol. The molecule has 0 aromatic carbocycles. The Morgan fingerprint density at radius 3 is 2.63 bits per heavy atom. The third-order valence-electron chi connectivity index (χ3n) is 4.94. The zero-order chi connectivity index (χ0) is 13.7. The Morgan fingerprint density at radius 1 is 1.26 bits per heavy atom. The van der Waals surface area contributed by atoms with Gasteiger partial charge in [-0.15, -0.1) is 0 Å². The average molecular weight is 286 g/mol. The summed E-state index contributed by atoms with van der Waals surface area (Å²) in [5.74, 6) is 1.65. The van der Waals surface area contributed by atoms with Gasteiger partial charge in [-0.2, -0.15) is 0 Å². The minimum absolute atomic E-state index is 0.373. The van der Waals surface area contributed by atoms with Crippen LogP contribution in [0.3, 0.4) is 0 Å². The van der Waals surface area contributed by atoms with E-state index in [0.717, 1.165) is 24.6 Å². The normalized spacial score (nSPS) is 29.5. The quantitative estimate of drug-likeness (QED) is 0.840. The molecule has 112 valence electrons. The molecule has 1 saturated heterocycles. The van der Waals surface area contributed by atoms with Crippen molar-refractivity contribution in [3.63, 3.8) is 0 Å². The summed E-state index contributed by atoms with van der Waals surface area (Å²) in [6, 6.07) is 0.640. The first-order chi connectivity index (χ1) is 9.19. The van der Waals surface area contributed by atoms with Crippen molar-refractivity contribution >= 4 is 10.8 Å². The molecule has 1 saturated carbocycles. The zero-order valence-corrected chi connectivity index (χ0v) is 13.4. The second-order valence-electron chi connectivity index (χ2n) is 6.19. The number of hydrogen-bond acceptors (Lipinski definition) is 3. The van der Waals surface area contributed by atoms with E-state index >= 15 is 0 Å². The highest BCUT2D eigenvalue weighted by atomic mass is 32.2. The van der Waals surface area contributed by atoms with Gasteiger partial charge < -0.3 is 5.32 Å². The van der Waals surface area contributed by atoms with Gasteiger partial charge in [0.1, 0.15) is 0 Å². The highest BCUT2D eigenvalue weighted by Crippen LogP contribution is 2.32. The smallest absolute Gasteiger partial charge is 0.0362 e. The van der Waals surface area contributed by atoms with Crippen molar-refractivity contribution in [2.24, 2.45) is 0 Å². The van der Waals surface area contributed by atoms with E-state index in [1.54, 1.807) is 0 Å². The molecule has 19 heavy (non-hydrogen) atoms. The van der Waals surface area contributed by atoms with Crippen LogP contribution in [0.5, 0.6) is 0 Å². The fourth-order valence-electron chi connectivity index (χ4n) is 3.63. The molecule has 0 radical (unpaired) electrons. The van der Waals surface area contributed by atoms with Crippen LogP contribution in [-0.2, 0) is 10.8 Å². The molecule has 1 heterocycles. The molecule has 3 nitrogen and oxygen atoms in total. The minimum atomic E-state index is -0.624. The van der Waals surface area contributed by atoms with Crippen LogP contribution in [-0.4, -0.2) is 51.8 Å². The van der Waals surface area contributed by atoms with E-state index in [4.69, 9.17) is 0 Å². The molecule has 2 fully saturated rings. The lowest BCUT2D eigenvalue weighted by Crippen LogP contribution is -2.65. The third-order valence-corrected chi connectivity index (χ3v) is 6.23. The monoisotopic (exact) mass is 286 g/mol. The Balaban J connectivity index is 1.94. The van der Waals surface area contributed by atoms with Gasteiger partial charge in [-0.1, -0.05) is 33.1 Å². The maximum atomic E-state index is 11.7. The van der Waals surface area contributed by atoms with E-state index in [-0.39, 0.29) is 0 Å². The van der Waals surface area contributed by atoms with Gasteiger partial charge in [-0.25, -0.2) is 0 Å². The van der Waals surface area contributed by atoms with Gasteiger partial charge in [0, 0.05) is 53.5 Å². The van der Waals surface area contributed by atoms with Crippen LogP contribution in [0, 0.1) is 0 Å². The average Bonchev–Trinajstić information content (AvgIpc) is 2.46. The molecule has 1 N–H and O–H groups in total. The van der Waals surface area contributed by atoms with Crippen LogP contribution in [0.1, 0.15) is 52.4 Å². The maximum Gasteiger partial charge on any atom is 0.0362 e. The molecule has 0 amide bonds. The molecule has 1 aliphatic carbocycles. The summed E-state index contributed by atoms with van der Waals surface area (Å²) in [7, 11) is -0.624. The third kappa shape index (κ3) is 4.02. The zero-order valence-electron chi connectivity index (χ0n) is 12.6. The van der Waals surface area contributed by atoms with Crippen molar-refractivity contribution in [2.75, 3.05) is 31.1 Å². The van der Waals surface area contributed by atoms with Gasteiger partial charge in [-0.3, -0.25) is 9.11 Å². The first-order valence-corrected chi connectivity index (χ1v) is 9.52. The van der Waals surface area contributed by atoms with Crippen molar-refractivity contribution in [1.29, 1.82) is 0 Å². The second kappa shape index (κ2) is 7.19. The fourth-order valence-corrected chi connectivity index (χ4v) is 4.36. The second-order valence-corrected chi connectivity index (χ2v) is 8.05. The molecule has 1 spiro atoms. The first kappa shape index (κ1) is 15.5. The number of nitrogens with one attached hydrogen (secondary N) is 1. The molecular weight excluding hydrogens is 256 g/mol. The van der Waals surface area contributed by atoms with Crippen LogP contribution in [0.25, 0.3) is 0 Å². The van der Waals surface area contributed by atoms with Crippen molar-refractivity contribution in [2.45, 2.75) is 64.0 Å². The summed E-state index contributed by atoms with van der Waals surface area (Å²) in [6.45, 7) is 7.60. The standard InChI is InChI=1S/C15H30N2OS/c1-3-14-12-16-15(8-6-5-7-9-15)13-17(14)10-11-19(18)4-2/h14,16H,3-13H2,1-2H3. The van der Waals surface area contributed by atoms with Gasteiger partial charge in [0.2, 0.25) is 0 Å². The van der Waals surface area contributed by atoms with Crippen LogP contribution < -0.4 is 5.32 Å². The van der Waals surface area contributed by atoms with E-state index in [1.165, 1.54) is 45.1 Å². The lowest BCUT2D eigenvalue weighted by Gasteiger charge is -2.49. The summed E-state index contributed by atoms with van der Waals surface area (Å²) in [6.07, 6.45) is 8.01. The van der Waals surface area contributed by atoms with Crippen molar-refractivity contribution in [3.05, 3.63) is 0 Å². The molecule has 4 heteroatoms. The topological polar surface area (TPSA) is 32.3 Å². The van der Waals surface area contributed by atoms with Crippen LogP contribution >= 0.6 is 0 Å².